The molecule has 20 heavy (non-hydrogen) atoms. The Kier molecular flexibility index (Phi) is 4.87. The molecule has 106 valence electrons. The first-order valence-corrected chi connectivity index (χ1v) is 6.57. The van der Waals surface area contributed by atoms with E-state index in [0.29, 0.717) is 5.82 Å². The van der Waals surface area contributed by atoms with E-state index >= 15 is 0 Å². The van der Waals surface area contributed by atoms with Crippen molar-refractivity contribution >= 4 is 11.6 Å². The first kappa shape index (κ1) is 14.2. The number of hydrogen-bond acceptors (Lipinski definition) is 3. The number of pyridine rings is 1. The lowest BCUT2D eigenvalue weighted by atomic mass is 10.2. The molecule has 0 aliphatic rings. The van der Waals surface area contributed by atoms with Crippen LogP contribution in [0.4, 0.5) is 20.4 Å². The molecule has 0 aliphatic heterocycles. The highest BCUT2D eigenvalue weighted by Gasteiger charge is 2.04. The summed E-state index contributed by atoms with van der Waals surface area (Å²) in [5, 5.41) is 6.16. The minimum Gasteiger partial charge on any atom is -0.370 e. The van der Waals surface area contributed by atoms with Gasteiger partial charge in [0.15, 0.2) is 0 Å². The maximum atomic E-state index is 13.5. The number of anilines is 2. The van der Waals surface area contributed by atoms with Gasteiger partial charge in [0.2, 0.25) is 0 Å². The van der Waals surface area contributed by atoms with Crippen molar-refractivity contribution in [2.45, 2.75) is 19.9 Å². The van der Waals surface area contributed by atoms with E-state index in [1.165, 1.54) is 6.07 Å². The molecule has 0 aliphatic carbocycles. The Hall–Kier alpha value is -2.17. The predicted octanol–water partition coefficient (Wildman–Crippen LogP) is 3.79. The Labute approximate surface area is 117 Å². The number of benzene rings is 1. The topological polar surface area (TPSA) is 37.0 Å². The van der Waals surface area contributed by atoms with E-state index < -0.39 is 11.6 Å². The molecule has 3 nitrogen and oxygen atoms in total. The monoisotopic (exact) mass is 277 g/mol. The van der Waals surface area contributed by atoms with Gasteiger partial charge in [-0.2, -0.15) is 0 Å². The van der Waals surface area contributed by atoms with Crippen molar-refractivity contribution in [1.82, 2.24) is 4.98 Å². The van der Waals surface area contributed by atoms with Crippen LogP contribution in [-0.4, -0.2) is 11.5 Å². The maximum absolute atomic E-state index is 13.5. The van der Waals surface area contributed by atoms with Crippen LogP contribution >= 0.6 is 0 Å². The van der Waals surface area contributed by atoms with Crippen molar-refractivity contribution in [3.8, 4) is 0 Å². The van der Waals surface area contributed by atoms with Crippen molar-refractivity contribution in [2.24, 2.45) is 0 Å². The van der Waals surface area contributed by atoms with E-state index in [2.05, 4.69) is 22.5 Å². The molecule has 0 spiro atoms. The Morgan fingerprint density at radius 1 is 1.05 bits per heavy atom. The van der Waals surface area contributed by atoms with E-state index in [1.54, 1.807) is 6.07 Å². The summed E-state index contributed by atoms with van der Waals surface area (Å²) >= 11 is 0. The number of nitrogens with one attached hydrogen (secondary N) is 2. The van der Waals surface area contributed by atoms with Gasteiger partial charge in [0, 0.05) is 18.7 Å². The molecule has 2 rings (SSSR count). The van der Waals surface area contributed by atoms with E-state index in [1.807, 2.05) is 12.1 Å². The second-order valence-corrected chi connectivity index (χ2v) is 4.42. The number of aromatic nitrogens is 1. The summed E-state index contributed by atoms with van der Waals surface area (Å²) in [7, 11) is 0. The second kappa shape index (κ2) is 6.84. The lowest BCUT2D eigenvalue weighted by Crippen LogP contribution is -2.06. The fourth-order valence-electron chi connectivity index (χ4n) is 1.75. The van der Waals surface area contributed by atoms with Crippen LogP contribution in [0.3, 0.4) is 0 Å². The van der Waals surface area contributed by atoms with Crippen LogP contribution < -0.4 is 10.6 Å². The van der Waals surface area contributed by atoms with Crippen molar-refractivity contribution in [3.63, 3.8) is 0 Å². The standard InChI is InChI=1S/C15H17F2N3/c1-2-8-18-14-4-3-5-15(20-14)19-10-11-9-12(16)6-7-13(11)17/h3-7,9H,2,8,10H2,1H3,(H2,18,19,20). The van der Waals surface area contributed by atoms with Gasteiger partial charge in [-0.3, -0.25) is 0 Å². The quantitative estimate of drug-likeness (QED) is 0.843. The summed E-state index contributed by atoms with van der Waals surface area (Å²) in [5.41, 5.74) is 0.277. The van der Waals surface area contributed by atoms with Crippen LogP contribution in [0.1, 0.15) is 18.9 Å². The molecule has 0 atom stereocenters. The summed E-state index contributed by atoms with van der Waals surface area (Å²) in [4.78, 5) is 4.34. The minimum atomic E-state index is -0.450. The number of rotatable bonds is 6. The third kappa shape index (κ3) is 3.91. The van der Waals surface area contributed by atoms with Crippen LogP contribution in [-0.2, 0) is 6.54 Å². The van der Waals surface area contributed by atoms with Crippen molar-refractivity contribution < 1.29 is 8.78 Å². The molecule has 0 unspecified atom stereocenters. The molecule has 2 N–H and O–H groups in total. The summed E-state index contributed by atoms with van der Waals surface area (Å²) in [5.74, 6) is 0.500. The third-order valence-corrected chi connectivity index (χ3v) is 2.77. The highest BCUT2D eigenvalue weighted by Crippen LogP contribution is 2.13. The molecule has 1 aromatic heterocycles. The number of hydrogen-bond donors (Lipinski definition) is 2. The molecule has 0 fully saturated rings. The lowest BCUT2D eigenvalue weighted by Gasteiger charge is -2.09. The molecule has 0 radical (unpaired) electrons. The normalized spacial score (nSPS) is 10.3. The summed E-state index contributed by atoms with van der Waals surface area (Å²) in [6.07, 6.45) is 1.01. The highest BCUT2D eigenvalue weighted by molar-refractivity contribution is 5.45. The Bertz CT molecular complexity index is 573. The van der Waals surface area contributed by atoms with Gasteiger partial charge in [-0.05, 0) is 36.8 Å². The lowest BCUT2D eigenvalue weighted by molar-refractivity contribution is 0.587. The molecule has 1 aromatic carbocycles. The zero-order chi connectivity index (χ0) is 14.4. The summed E-state index contributed by atoms with van der Waals surface area (Å²) in [6, 6.07) is 8.92. The zero-order valence-electron chi connectivity index (χ0n) is 11.3. The Morgan fingerprint density at radius 2 is 1.80 bits per heavy atom. The second-order valence-electron chi connectivity index (χ2n) is 4.42. The number of halogens is 2. The molecule has 0 saturated heterocycles. The van der Waals surface area contributed by atoms with Gasteiger partial charge in [0.1, 0.15) is 23.3 Å². The molecule has 2 aromatic rings. The summed E-state index contributed by atoms with van der Waals surface area (Å²) in [6.45, 7) is 3.10. The smallest absolute Gasteiger partial charge is 0.128 e. The van der Waals surface area contributed by atoms with E-state index in [-0.39, 0.29) is 12.1 Å². The molecular weight excluding hydrogens is 260 g/mol. The SMILES string of the molecule is CCCNc1cccc(NCc2cc(F)ccc2F)n1. The first-order valence-electron chi connectivity index (χ1n) is 6.57. The molecule has 0 saturated carbocycles. The molecule has 0 bridgehead atoms. The van der Waals surface area contributed by atoms with Crippen molar-refractivity contribution in [3.05, 3.63) is 53.6 Å². The van der Waals surface area contributed by atoms with Crippen LogP contribution in [0.2, 0.25) is 0 Å². The molecule has 5 heteroatoms. The van der Waals surface area contributed by atoms with Gasteiger partial charge in [0.25, 0.3) is 0 Å². The average Bonchev–Trinajstić information content (AvgIpc) is 2.46. The zero-order valence-corrected chi connectivity index (χ0v) is 11.3. The Morgan fingerprint density at radius 3 is 2.55 bits per heavy atom. The van der Waals surface area contributed by atoms with Gasteiger partial charge in [-0.1, -0.05) is 13.0 Å². The van der Waals surface area contributed by atoms with E-state index in [0.717, 1.165) is 30.9 Å². The minimum absolute atomic E-state index is 0.188. The van der Waals surface area contributed by atoms with Crippen molar-refractivity contribution in [1.29, 1.82) is 0 Å². The molecule has 0 amide bonds. The highest BCUT2D eigenvalue weighted by atomic mass is 19.1. The third-order valence-electron chi connectivity index (χ3n) is 2.77. The van der Waals surface area contributed by atoms with Gasteiger partial charge in [0.05, 0.1) is 0 Å². The maximum Gasteiger partial charge on any atom is 0.128 e. The van der Waals surface area contributed by atoms with Crippen molar-refractivity contribution in [2.75, 3.05) is 17.2 Å². The largest absolute Gasteiger partial charge is 0.370 e. The first-order chi connectivity index (χ1) is 9.69. The Balaban J connectivity index is 2.01. The number of nitrogens with zero attached hydrogens (tertiary/aromatic N) is 1. The predicted molar refractivity (Wildman–Crippen MR) is 76.7 cm³/mol. The van der Waals surface area contributed by atoms with Gasteiger partial charge in [-0.25, -0.2) is 13.8 Å². The molecular formula is C15H17F2N3. The van der Waals surface area contributed by atoms with Crippen LogP contribution in [0.15, 0.2) is 36.4 Å². The summed E-state index contributed by atoms with van der Waals surface area (Å²) < 4.78 is 26.5. The molecule has 1 heterocycles. The average molecular weight is 277 g/mol. The van der Waals surface area contributed by atoms with Gasteiger partial charge in [-0.15, -0.1) is 0 Å². The van der Waals surface area contributed by atoms with E-state index in [9.17, 15) is 8.78 Å². The van der Waals surface area contributed by atoms with Gasteiger partial charge < -0.3 is 10.6 Å². The van der Waals surface area contributed by atoms with E-state index in [4.69, 9.17) is 0 Å². The van der Waals surface area contributed by atoms with Crippen LogP contribution in [0.25, 0.3) is 0 Å². The fraction of sp³-hybridized carbons (Fsp3) is 0.267. The fourth-order valence-corrected chi connectivity index (χ4v) is 1.75. The van der Waals surface area contributed by atoms with Gasteiger partial charge >= 0.3 is 0 Å². The van der Waals surface area contributed by atoms with Crippen LogP contribution in [0, 0.1) is 11.6 Å². The van der Waals surface area contributed by atoms with Crippen LogP contribution in [0.5, 0.6) is 0 Å².